The summed E-state index contributed by atoms with van der Waals surface area (Å²) >= 11 is 2.21. The van der Waals surface area contributed by atoms with Crippen molar-refractivity contribution in [3.05, 3.63) is 27.9 Å². The van der Waals surface area contributed by atoms with E-state index >= 15 is 0 Å². The number of imidazole rings is 1. The van der Waals surface area contributed by atoms with Crippen LogP contribution in [0.15, 0.2) is 24.0 Å². The number of allylic oxidation sites excluding steroid dienone is 2. The van der Waals surface area contributed by atoms with Gasteiger partial charge in [0, 0.05) is 24.9 Å². The van der Waals surface area contributed by atoms with Gasteiger partial charge in [0.15, 0.2) is 3.83 Å². The number of esters is 1. The van der Waals surface area contributed by atoms with E-state index in [4.69, 9.17) is 9.47 Å². The van der Waals surface area contributed by atoms with Gasteiger partial charge in [0.1, 0.15) is 12.2 Å². The van der Waals surface area contributed by atoms with E-state index in [-0.39, 0.29) is 35.6 Å². The summed E-state index contributed by atoms with van der Waals surface area (Å²) in [6.45, 7) is 4.99. The van der Waals surface area contributed by atoms with E-state index in [1.807, 2.05) is 10.8 Å². The summed E-state index contributed by atoms with van der Waals surface area (Å²) in [6, 6.07) is 0. The van der Waals surface area contributed by atoms with Crippen LogP contribution in [0.5, 0.6) is 0 Å². The van der Waals surface area contributed by atoms with E-state index < -0.39 is 0 Å². The number of rotatable bonds is 2. The minimum Gasteiger partial charge on any atom is -0.459 e. The Bertz CT molecular complexity index is 686. The second-order valence-corrected chi connectivity index (χ2v) is 8.46. The normalized spacial score (nSPS) is 41.0. The van der Waals surface area contributed by atoms with Gasteiger partial charge < -0.3 is 14.0 Å². The van der Waals surface area contributed by atoms with Crippen molar-refractivity contribution in [2.45, 2.75) is 63.9 Å². The van der Waals surface area contributed by atoms with Crippen LogP contribution < -0.4 is 0 Å². The minimum absolute atomic E-state index is 0.0603. The van der Waals surface area contributed by atoms with Gasteiger partial charge in [-0.05, 0) is 62.1 Å². The number of aromatic nitrogens is 2. The molecule has 1 aromatic rings. The molecule has 2 saturated heterocycles. The first kappa shape index (κ1) is 16.6. The van der Waals surface area contributed by atoms with Gasteiger partial charge in [0.2, 0.25) is 0 Å². The van der Waals surface area contributed by atoms with Crippen molar-refractivity contribution in [1.82, 2.24) is 9.55 Å². The quantitative estimate of drug-likeness (QED) is 0.305. The number of carbonyl (C=O) groups excluding carboxylic acids is 1. The van der Waals surface area contributed by atoms with E-state index in [0.29, 0.717) is 6.54 Å². The number of nitrogens with zero attached hydrogens (tertiary/aromatic N) is 2. The second-order valence-electron chi connectivity index (χ2n) is 7.50. The highest BCUT2D eigenvalue weighted by atomic mass is 127. The van der Waals surface area contributed by atoms with Crippen molar-refractivity contribution in [2.24, 2.45) is 11.8 Å². The molecule has 2 fully saturated rings. The lowest BCUT2D eigenvalue weighted by molar-refractivity contribution is -0.145. The van der Waals surface area contributed by atoms with Gasteiger partial charge in [-0.25, -0.2) is 4.98 Å². The van der Waals surface area contributed by atoms with Crippen LogP contribution in [-0.4, -0.2) is 33.3 Å². The molecule has 3 heterocycles. The van der Waals surface area contributed by atoms with Crippen LogP contribution in [0.2, 0.25) is 0 Å². The Balaban J connectivity index is 1.60. The summed E-state index contributed by atoms with van der Waals surface area (Å²) in [4.78, 5) is 16.9. The van der Waals surface area contributed by atoms with E-state index in [1.54, 1.807) is 6.20 Å². The maximum absolute atomic E-state index is 12.6. The highest BCUT2D eigenvalue weighted by Crippen LogP contribution is 2.50. The molecule has 5 nitrogen and oxygen atoms in total. The largest absolute Gasteiger partial charge is 0.459 e. The average molecular weight is 442 g/mol. The van der Waals surface area contributed by atoms with Crippen molar-refractivity contribution < 1.29 is 14.3 Å². The minimum atomic E-state index is -0.129. The zero-order valence-electron chi connectivity index (χ0n) is 14.1. The third kappa shape index (κ3) is 2.92. The Kier molecular flexibility index (Phi) is 4.23. The summed E-state index contributed by atoms with van der Waals surface area (Å²) in [5.74, 6) is 0.0237. The van der Waals surface area contributed by atoms with Crippen LogP contribution in [0.1, 0.15) is 39.5 Å². The number of hydrogen-bond acceptors (Lipinski definition) is 4. The number of halogens is 1. The van der Waals surface area contributed by atoms with Crippen LogP contribution >= 0.6 is 22.6 Å². The number of hydrogen-bond donors (Lipinski definition) is 0. The fourth-order valence-electron chi connectivity index (χ4n) is 4.21. The standard InChI is InChI=1S/C18H23IN2O3/c1-11-4-3-7-18(2)15(24-18)14-12(6-5-11)13(16(22)23-14)10-21-9-8-20-17(21)19/h4,8-9,12-15H,3,5-7,10H2,1-2H3/b11-4+/t12-,13?,14-,15-,18+/m0/s1. The van der Waals surface area contributed by atoms with Crippen molar-refractivity contribution in [2.75, 3.05) is 0 Å². The van der Waals surface area contributed by atoms with Crippen LogP contribution in [0.25, 0.3) is 0 Å². The topological polar surface area (TPSA) is 56.6 Å². The molecule has 1 unspecified atom stereocenters. The Morgan fingerprint density at radius 1 is 1.50 bits per heavy atom. The van der Waals surface area contributed by atoms with E-state index in [9.17, 15) is 4.79 Å². The maximum Gasteiger partial charge on any atom is 0.311 e. The van der Waals surface area contributed by atoms with E-state index in [0.717, 1.165) is 29.5 Å². The molecule has 0 N–H and O–H groups in total. The Morgan fingerprint density at radius 3 is 3.08 bits per heavy atom. The van der Waals surface area contributed by atoms with Crippen molar-refractivity contribution >= 4 is 28.6 Å². The Hall–Kier alpha value is -0.890. The molecular weight excluding hydrogens is 419 g/mol. The second kappa shape index (κ2) is 6.12. The SMILES string of the molecule is C/C1=C\CC[C@@]2(C)O[C@H]2[C@H]2OC(=O)C(Cn3ccnc3I)[C@@H]2CC1. The summed E-state index contributed by atoms with van der Waals surface area (Å²) in [5.41, 5.74) is 1.28. The van der Waals surface area contributed by atoms with Gasteiger partial charge >= 0.3 is 5.97 Å². The highest BCUT2D eigenvalue weighted by Gasteiger charge is 2.62. The lowest BCUT2D eigenvalue weighted by Gasteiger charge is -2.22. The zero-order valence-corrected chi connectivity index (χ0v) is 16.2. The third-order valence-electron chi connectivity index (χ3n) is 5.80. The molecule has 5 atom stereocenters. The predicted molar refractivity (Wildman–Crippen MR) is 97.3 cm³/mol. The first-order valence-electron chi connectivity index (χ1n) is 8.68. The summed E-state index contributed by atoms with van der Waals surface area (Å²) in [6.07, 6.45) is 10.1. The Labute approximate surface area is 155 Å². The van der Waals surface area contributed by atoms with Crippen LogP contribution in [0.4, 0.5) is 0 Å². The Morgan fingerprint density at radius 2 is 2.33 bits per heavy atom. The van der Waals surface area contributed by atoms with E-state index in [1.165, 1.54) is 5.57 Å². The van der Waals surface area contributed by atoms with Crippen LogP contribution in [0.3, 0.4) is 0 Å². The molecular formula is C18H23IN2O3. The molecule has 6 heteroatoms. The fourth-order valence-corrected chi connectivity index (χ4v) is 4.73. The number of epoxide rings is 1. The number of carbonyl (C=O) groups is 1. The molecule has 1 aromatic heterocycles. The molecule has 3 aliphatic rings. The number of ether oxygens (including phenoxy) is 2. The van der Waals surface area contributed by atoms with Crippen LogP contribution in [-0.2, 0) is 20.8 Å². The predicted octanol–water partition coefficient (Wildman–Crippen LogP) is 3.32. The summed E-state index contributed by atoms with van der Waals surface area (Å²) in [5, 5.41) is 0. The lowest BCUT2D eigenvalue weighted by Crippen LogP contribution is -2.31. The highest BCUT2D eigenvalue weighted by molar-refractivity contribution is 14.1. The van der Waals surface area contributed by atoms with Gasteiger partial charge in [0.25, 0.3) is 0 Å². The molecule has 4 rings (SSSR count). The maximum atomic E-state index is 12.6. The molecule has 0 amide bonds. The molecule has 0 spiro atoms. The molecule has 0 bridgehead atoms. The average Bonchev–Trinajstić information content (AvgIpc) is 2.86. The first-order valence-corrected chi connectivity index (χ1v) is 9.76. The van der Waals surface area contributed by atoms with E-state index in [2.05, 4.69) is 47.5 Å². The van der Waals surface area contributed by atoms with Gasteiger partial charge in [-0.1, -0.05) is 11.6 Å². The van der Waals surface area contributed by atoms with Crippen molar-refractivity contribution in [3.63, 3.8) is 0 Å². The molecule has 0 saturated carbocycles. The molecule has 0 aromatic carbocycles. The monoisotopic (exact) mass is 442 g/mol. The lowest BCUT2D eigenvalue weighted by atomic mass is 9.80. The molecule has 24 heavy (non-hydrogen) atoms. The van der Waals surface area contributed by atoms with Gasteiger partial charge in [-0.2, -0.15) is 0 Å². The molecule has 0 radical (unpaired) electrons. The van der Waals surface area contributed by atoms with Gasteiger partial charge in [0.05, 0.1) is 11.5 Å². The molecule has 130 valence electrons. The van der Waals surface area contributed by atoms with Crippen LogP contribution in [0, 0.1) is 15.7 Å². The summed E-state index contributed by atoms with van der Waals surface area (Å²) < 4.78 is 14.8. The smallest absolute Gasteiger partial charge is 0.311 e. The molecule has 2 aliphatic heterocycles. The third-order valence-corrected chi connectivity index (χ3v) is 6.69. The van der Waals surface area contributed by atoms with Crippen molar-refractivity contribution in [1.29, 1.82) is 0 Å². The zero-order chi connectivity index (χ0) is 16.9. The van der Waals surface area contributed by atoms with Gasteiger partial charge in [-0.15, -0.1) is 0 Å². The first-order chi connectivity index (χ1) is 11.5. The van der Waals surface area contributed by atoms with Crippen molar-refractivity contribution in [3.8, 4) is 0 Å². The number of fused-ring (bicyclic) bond motifs is 3. The summed E-state index contributed by atoms with van der Waals surface area (Å²) in [7, 11) is 0. The molecule has 1 aliphatic carbocycles. The fraction of sp³-hybridized carbons (Fsp3) is 0.667. The van der Waals surface area contributed by atoms with Gasteiger partial charge in [-0.3, -0.25) is 4.79 Å².